The zero-order valence-corrected chi connectivity index (χ0v) is 44.2. The first-order valence-electron chi connectivity index (χ1n) is 28.4. The second-order valence-electron chi connectivity index (χ2n) is 18.8. The summed E-state index contributed by atoms with van der Waals surface area (Å²) in [6.07, 6.45) is 70.4. The van der Waals surface area contributed by atoms with Crippen molar-refractivity contribution in [2.45, 2.75) is 284 Å². The highest BCUT2D eigenvalue weighted by atomic mass is 16.6. The molecule has 6 nitrogen and oxygen atoms in total. The predicted octanol–water partition coefficient (Wildman–Crippen LogP) is 19.0. The summed E-state index contributed by atoms with van der Waals surface area (Å²) in [5.41, 5.74) is 0. The summed E-state index contributed by atoms with van der Waals surface area (Å²) >= 11 is 0. The van der Waals surface area contributed by atoms with Gasteiger partial charge in [0.25, 0.3) is 0 Å². The molecule has 0 bridgehead atoms. The number of ether oxygens (including phenoxy) is 3. The van der Waals surface area contributed by atoms with Gasteiger partial charge in [-0.05, 0) is 83.5 Å². The molecule has 0 saturated heterocycles. The number of unbranched alkanes of at least 4 members (excludes halogenated alkanes) is 28. The maximum atomic E-state index is 12.9. The van der Waals surface area contributed by atoms with E-state index < -0.39 is 6.10 Å². The van der Waals surface area contributed by atoms with E-state index in [-0.39, 0.29) is 37.5 Å². The lowest BCUT2D eigenvalue weighted by molar-refractivity contribution is -0.167. The first-order chi connectivity index (χ1) is 33.0. The maximum Gasteiger partial charge on any atom is 0.306 e. The zero-order chi connectivity index (χ0) is 48.6. The van der Waals surface area contributed by atoms with Crippen LogP contribution in [0.4, 0.5) is 0 Å². The zero-order valence-electron chi connectivity index (χ0n) is 44.2. The van der Waals surface area contributed by atoms with Crippen LogP contribution in [-0.2, 0) is 28.6 Å². The van der Waals surface area contributed by atoms with Gasteiger partial charge in [-0.2, -0.15) is 0 Å². The average molecular weight is 936 g/mol. The number of carbonyl (C=O) groups excluding carboxylic acids is 3. The highest BCUT2D eigenvalue weighted by Gasteiger charge is 2.19. The minimum absolute atomic E-state index is 0.0952. The minimum atomic E-state index is -0.800. The quantitative estimate of drug-likeness (QED) is 0.0262. The Morgan fingerprint density at radius 1 is 0.313 bits per heavy atom. The molecule has 0 aliphatic heterocycles. The Labute approximate surface area is 414 Å². The normalized spacial score (nSPS) is 12.6. The van der Waals surface area contributed by atoms with Gasteiger partial charge in [0.15, 0.2) is 6.10 Å². The summed E-state index contributed by atoms with van der Waals surface area (Å²) in [6, 6.07) is 0. The van der Waals surface area contributed by atoms with Crippen LogP contribution in [0.5, 0.6) is 0 Å². The van der Waals surface area contributed by atoms with Crippen molar-refractivity contribution in [1.82, 2.24) is 0 Å². The third kappa shape index (κ3) is 53.7. The van der Waals surface area contributed by atoms with Crippen molar-refractivity contribution in [2.24, 2.45) is 0 Å². The van der Waals surface area contributed by atoms with Crippen LogP contribution in [0.1, 0.15) is 278 Å². The third-order valence-electron chi connectivity index (χ3n) is 12.2. The number of rotatable bonds is 51. The average Bonchev–Trinajstić information content (AvgIpc) is 3.33. The molecule has 386 valence electrons. The number of hydrogen-bond acceptors (Lipinski definition) is 6. The van der Waals surface area contributed by atoms with Crippen molar-refractivity contribution < 1.29 is 28.6 Å². The van der Waals surface area contributed by atoms with E-state index in [1.165, 1.54) is 148 Å². The molecule has 0 unspecified atom stereocenters. The molecule has 0 aliphatic carbocycles. The van der Waals surface area contributed by atoms with E-state index >= 15 is 0 Å². The standard InChI is InChI=1S/C61H106O6/c1-4-7-10-13-16-19-22-25-28-30-33-36-39-42-45-48-51-54-60(63)66-57-58(56-65-59(62)53-50-47-44-41-38-35-32-27-24-21-18-15-12-9-6-3)67-61(64)55-52-49-46-43-40-37-34-31-29-26-23-20-17-14-11-8-5-2/h7,10,16,19,25,27-28,32-33,36,42,45,58H,4-6,8-9,11-15,17-18,20-24,26,29-31,34-35,37-41,43-44,46-57H2,1-3H3/b10-7-,19-16-,28-25-,32-27-,36-33-,45-42-/t58-/m0/s1. The Morgan fingerprint density at radius 2 is 0.597 bits per heavy atom. The summed E-state index contributed by atoms with van der Waals surface area (Å²) in [4.78, 5) is 38.1. The highest BCUT2D eigenvalue weighted by molar-refractivity contribution is 5.71. The largest absolute Gasteiger partial charge is 0.462 e. The van der Waals surface area contributed by atoms with Crippen LogP contribution in [0.3, 0.4) is 0 Å². The minimum Gasteiger partial charge on any atom is -0.462 e. The van der Waals surface area contributed by atoms with E-state index in [1.807, 2.05) is 0 Å². The van der Waals surface area contributed by atoms with Gasteiger partial charge in [-0.1, -0.05) is 248 Å². The monoisotopic (exact) mass is 935 g/mol. The topological polar surface area (TPSA) is 78.9 Å². The fourth-order valence-electron chi connectivity index (χ4n) is 7.94. The molecule has 1 atom stereocenters. The molecule has 0 spiro atoms. The Morgan fingerprint density at radius 3 is 0.985 bits per heavy atom. The molecule has 0 radical (unpaired) electrons. The Bertz CT molecular complexity index is 1260. The molecule has 0 amide bonds. The number of esters is 3. The lowest BCUT2D eigenvalue weighted by Crippen LogP contribution is -2.30. The van der Waals surface area contributed by atoms with Crippen molar-refractivity contribution >= 4 is 17.9 Å². The molecule has 0 aromatic carbocycles. The first kappa shape index (κ1) is 63.8. The molecule has 6 heteroatoms. The van der Waals surface area contributed by atoms with E-state index in [0.717, 1.165) is 83.5 Å². The van der Waals surface area contributed by atoms with Crippen LogP contribution in [-0.4, -0.2) is 37.2 Å². The van der Waals surface area contributed by atoms with Crippen molar-refractivity contribution in [3.05, 3.63) is 72.9 Å². The van der Waals surface area contributed by atoms with Gasteiger partial charge in [0, 0.05) is 19.3 Å². The van der Waals surface area contributed by atoms with Crippen molar-refractivity contribution in [1.29, 1.82) is 0 Å². The molecule has 0 N–H and O–H groups in total. The summed E-state index contributed by atoms with van der Waals surface area (Å²) in [5.74, 6) is -0.954. The molecule has 0 heterocycles. The fourth-order valence-corrected chi connectivity index (χ4v) is 7.94. The van der Waals surface area contributed by atoms with Crippen LogP contribution in [0.25, 0.3) is 0 Å². The molecule has 0 rings (SSSR count). The predicted molar refractivity (Wildman–Crippen MR) is 288 cm³/mol. The molecule has 0 aromatic heterocycles. The smallest absolute Gasteiger partial charge is 0.306 e. The van der Waals surface area contributed by atoms with Gasteiger partial charge in [-0.15, -0.1) is 0 Å². The summed E-state index contributed by atoms with van der Waals surface area (Å²) in [7, 11) is 0. The number of carbonyl (C=O) groups is 3. The van der Waals surface area contributed by atoms with Gasteiger partial charge in [0.05, 0.1) is 0 Å². The van der Waals surface area contributed by atoms with Crippen LogP contribution in [0.2, 0.25) is 0 Å². The second kappa shape index (κ2) is 55.4. The molecule has 0 aliphatic rings. The van der Waals surface area contributed by atoms with Gasteiger partial charge in [-0.25, -0.2) is 0 Å². The van der Waals surface area contributed by atoms with Crippen molar-refractivity contribution in [3.63, 3.8) is 0 Å². The Hall–Kier alpha value is -3.15. The van der Waals surface area contributed by atoms with Gasteiger partial charge < -0.3 is 14.2 Å². The number of allylic oxidation sites excluding steroid dienone is 12. The molecular formula is C61H106O6. The number of hydrogen-bond donors (Lipinski definition) is 0. The molecule has 0 aromatic rings. The lowest BCUT2D eigenvalue weighted by atomic mass is 10.0. The SMILES string of the molecule is CC/C=C\C/C=C\C/C=C\C/C=C\C/C=C\CCCC(=O)OC[C@H](COC(=O)CCCCCCC/C=C\CCCCCCCC)OC(=O)CCCCCCCCCCCCCCCCCCC. The van der Waals surface area contributed by atoms with Gasteiger partial charge >= 0.3 is 17.9 Å². The van der Waals surface area contributed by atoms with Gasteiger partial charge in [0.2, 0.25) is 0 Å². The maximum absolute atomic E-state index is 12.9. The summed E-state index contributed by atoms with van der Waals surface area (Å²) in [5, 5.41) is 0. The summed E-state index contributed by atoms with van der Waals surface area (Å²) < 4.78 is 16.8. The van der Waals surface area contributed by atoms with Crippen molar-refractivity contribution in [2.75, 3.05) is 13.2 Å². The molecule has 0 saturated carbocycles. The molecular weight excluding hydrogens is 829 g/mol. The van der Waals surface area contributed by atoms with E-state index in [4.69, 9.17) is 14.2 Å². The van der Waals surface area contributed by atoms with Gasteiger partial charge in [-0.3, -0.25) is 14.4 Å². The van der Waals surface area contributed by atoms with Gasteiger partial charge in [0.1, 0.15) is 13.2 Å². The van der Waals surface area contributed by atoms with E-state index in [0.29, 0.717) is 19.3 Å². The fraction of sp³-hybridized carbons (Fsp3) is 0.754. The Balaban J connectivity index is 4.46. The Kier molecular flexibility index (Phi) is 52.8. The first-order valence-corrected chi connectivity index (χ1v) is 28.4. The van der Waals surface area contributed by atoms with Crippen LogP contribution < -0.4 is 0 Å². The van der Waals surface area contributed by atoms with E-state index in [1.54, 1.807) is 0 Å². The molecule has 67 heavy (non-hydrogen) atoms. The third-order valence-corrected chi connectivity index (χ3v) is 12.2. The van der Waals surface area contributed by atoms with E-state index in [9.17, 15) is 14.4 Å². The summed E-state index contributed by atoms with van der Waals surface area (Å²) in [6.45, 7) is 6.49. The van der Waals surface area contributed by atoms with Crippen LogP contribution >= 0.6 is 0 Å². The van der Waals surface area contributed by atoms with Crippen LogP contribution in [0.15, 0.2) is 72.9 Å². The highest BCUT2D eigenvalue weighted by Crippen LogP contribution is 2.16. The van der Waals surface area contributed by atoms with E-state index in [2.05, 4.69) is 93.7 Å². The molecule has 0 fully saturated rings. The van der Waals surface area contributed by atoms with Crippen molar-refractivity contribution in [3.8, 4) is 0 Å². The second-order valence-corrected chi connectivity index (χ2v) is 18.8. The van der Waals surface area contributed by atoms with Crippen LogP contribution in [0, 0.1) is 0 Å². The lowest BCUT2D eigenvalue weighted by Gasteiger charge is -2.18.